The van der Waals surface area contributed by atoms with Crippen LogP contribution in [-0.2, 0) is 4.74 Å². The topological polar surface area (TPSA) is 21.3 Å². The van der Waals surface area contributed by atoms with E-state index in [9.17, 15) is 0 Å². The lowest BCUT2D eigenvalue weighted by Crippen LogP contribution is -2.32. The molecule has 2 heterocycles. The van der Waals surface area contributed by atoms with Gasteiger partial charge in [-0.05, 0) is 37.9 Å². The van der Waals surface area contributed by atoms with Gasteiger partial charge < -0.3 is 10.1 Å². The van der Waals surface area contributed by atoms with Crippen LogP contribution < -0.4 is 5.32 Å². The van der Waals surface area contributed by atoms with Crippen molar-refractivity contribution < 1.29 is 4.74 Å². The maximum absolute atomic E-state index is 6.17. The van der Waals surface area contributed by atoms with Crippen molar-refractivity contribution >= 4 is 22.9 Å². The fourth-order valence-corrected chi connectivity index (χ4v) is 3.77. The molecule has 1 aliphatic heterocycles. The highest BCUT2D eigenvalue weighted by Gasteiger charge is 2.26. The summed E-state index contributed by atoms with van der Waals surface area (Å²) in [5.41, 5.74) is 1.19. The Kier molecular flexibility index (Phi) is 4.86. The second-order valence-corrected chi connectivity index (χ2v) is 6.30. The number of rotatable bonds is 4. The SMILES string of the molecule is CCNC(c1cc(C)c(Cl)s1)C1CCCOC1. The predicted molar refractivity (Wildman–Crippen MR) is 74.0 cm³/mol. The minimum atomic E-state index is 0.400. The summed E-state index contributed by atoms with van der Waals surface area (Å²) in [6, 6.07) is 2.62. The molecule has 2 rings (SSSR count). The summed E-state index contributed by atoms with van der Waals surface area (Å²) in [5, 5.41) is 3.58. The summed E-state index contributed by atoms with van der Waals surface area (Å²) in [7, 11) is 0. The van der Waals surface area contributed by atoms with Crippen LogP contribution >= 0.6 is 22.9 Å². The van der Waals surface area contributed by atoms with Crippen LogP contribution in [0.25, 0.3) is 0 Å². The Hall–Kier alpha value is -0.0900. The van der Waals surface area contributed by atoms with Crippen molar-refractivity contribution in [2.45, 2.75) is 32.7 Å². The zero-order valence-electron chi connectivity index (χ0n) is 10.5. The first-order valence-electron chi connectivity index (χ1n) is 6.29. The van der Waals surface area contributed by atoms with E-state index < -0.39 is 0 Å². The van der Waals surface area contributed by atoms with Crippen LogP contribution in [0.1, 0.15) is 36.2 Å². The van der Waals surface area contributed by atoms with E-state index in [0.29, 0.717) is 12.0 Å². The van der Waals surface area contributed by atoms with E-state index in [0.717, 1.165) is 24.1 Å². The van der Waals surface area contributed by atoms with Gasteiger partial charge in [0.05, 0.1) is 10.9 Å². The Bertz CT molecular complexity index is 341. The molecular weight excluding hydrogens is 254 g/mol. The average molecular weight is 274 g/mol. The van der Waals surface area contributed by atoms with E-state index in [2.05, 4.69) is 25.2 Å². The van der Waals surface area contributed by atoms with Gasteiger partial charge in [-0.3, -0.25) is 0 Å². The third-order valence-corrected chi connectivity index (χ3v) is 4.91. The second kappa shape index (κ2) is 6.19. The van der Waals surface area contributed by atoms with E-state index >= 15 is 0 Å². The molecule has 0 aliphatic carbocycles. The molecule has 1 fully saturated rings. The van der Waals surface area contributed by atoms with E-state index in [-0.39, 0.29) is 0 Å². The van der Waals surface area contributed by atoms with Crippen molar-refractivity contribution in [3.05, 3.63) is 20.8 Å². The first-order chi connectivity index (χ1) is 8.22. The van der Waals surface area contributed by atoms with Crippen LogP contribution in [0.5, 0.6) is 0 Å². The van der Waals surface area contributed by atoms with Crippen molar-refractivity contribution in [2.24, 2.45) is 5.92 Å². The van der Waals surface area contributed by atoms with Gasteiger partial charge in [-0.1, -0.05) is 18.5 Å². The highest BCUT2D eigenvalue weighted by atomic mass is 35.5. The molecule has 1 N–H and O–H groups in total. The number of nitrogens with one attached hydrogen (secondary N) is 1. The first-order valence-corrected chi connectivity index (χ1v) is 7.48. The summed E-state index contributed by atoms with van der Waals surface area (Å²) in [5.74, 6) is 0.581. The second-order valence-electron chi connectivity index (χ2n) is 4.62. The number of thiophene rings is 1. The molecule has 2 nitrogen and oxygen atoms in total. The van der Waals surface area contributed by atoms with Gasteiger partial charge in [-0.2, -0.15) is 0 Å². The Labute approximate surface area is 112 Å². The van der Waals surface area contributed by atoms with Gasteiger partial charge in [0.25, 0.3) is 0 Å². The summed E-state index contributed by atoms with van der Waals surface area (Å²) in [6.45, 7) is 6.99. The van der Waals surface area contributed by atoms with E-state index in [4.69, 9.17) is 16.3 Å². The first kappa shape index (κ1) is 13.3. The molecule has 0 spiro atoms. The molecule has 1 aromatic heterocycles. The third kappa shape index (κ3) is 3.22. The Morgan fingerprint density at radius 3 is 3.00 bits per heavy atom. The van der Waals surface area contributed by atoms with Crippen LogP contribution in [0.3, 0.4) is 0 Å². The molecule has 0 aromatic carbocycles. The van der Waals surface area contributed by atoms with Crippen molar-refractivity contribution in [3.63, 3.8) is 0 Å². The quantitative estimate of drug-likeness (QED) is 0.901. The number of halogens is 1. The Morgan fingerprint density at radius 1 is 1.65 bits per heavy atom. The van der Waals surface area contributed by atoms with Gasteiger partial charge in [-0.15, -0.1) is 11.3 Å². The van der Waals surface area contributed by atoms with Crippen LogP contribution in [0.4, 0.5) is 0 Å². The molecule has 0 saturated carbocycles. The van der Waals surface area contributed by atoms with Crippen LogP contribution in [0.2, 0.25) is 4.34 Å². The number of hydrogen-bond donors (Lipinski definition) is 1. The molecule has 2 atom stereocenters. The van der Waals surface area contributed by atoms with E-state index in [1.165, 1.54) is 23.3 Å². The maximum Gasteiger partial charge on any atom is 0.0960 e. The third-order valence-electron chi connectivity index (χ3n) is 3.27. The molecular formula is C13H20ClNOS. The van der Waals surface area contributed by atoms with Crippen molar-refractivity contribution in [3.8, 4) is 0 Å². The molecule has 17 heavy (non-hydrogen) atoms. The van der Waals surface area contributed by atoms with Crippen LogP contribution in [0, 0.1) is 12.8 Å². The van der Waals surface area contributed by atoms with Crippen molar-refractivity contribution in [2.75, 3.05) is 19.8 Å². The lowest BCUT2D eigenvalue weighted by Gasteiger charge is -2.30. The Balaban J connectivity index is 2.15. The molecule has 1 saturated heterocycles. The maximum atomic E-state index is 6.17. The van der Waals surface area contributed by atoms with Gasteiger partial charge in [0.1, 0.15) is 0 Å². The van der Waals surface area contributed by atoms with Crippen LogP contribution in [-0.4, -0.2) is 19.8 Å². The highest BCUT2D eigenvalue weighted by Crippen LogP contribution is 2.36. The summed E-state index contributed by atoms with van der Waals surface area (Å²) in [6.07, 6.45) is 2.41. The molecule has 0 amide bonds. The van der Waals surface area contributed by atoms with Gasteiger partial charge in [0.2, 0.25) is 0 Å². The average Bonchev–Trinajstić information content (AvgIpc) is 2.67. The highest BCUT2D eigenvalue weighted by molar-refractivity contribution is 7.16. The number of aryl methyl sites for hydroxylation is 1. The van der Waals surface area contributed by atoms with Crippen LogP contribution in [0.15, 0.2) is 6.07 Å². The number of ether oxygens (including phenoxy) is 1. The normalized spacial score (nSPS) is 22.6. The monoisotopic (exact) mass is 273 g/mol. The van der Waals surface area contributed by atoms with Crippen molar-refractivity contribution in [1.29, 1.82) is 0 Å². The minimum Gasteiger partial charge on any atom is -0.381 e. The van der Waals surface area contributed by atoms with Crippen molar-refractivity contribution in [1.82, 2.24) is 5.32 Å². The lowest BCUT2D eigenvalue weighted by atomic mass is 9.92. The molecule has 0 radical (unpaired) electrons. The van der Waals surface area contributed by atoms with Gasteiger partial charge in [0, 0.05) is 23.4 Å². The predicted octanol–water partition coefficient (Wildman–Crippen LogP) is 3.79. The largest absolute Gasteiger partial charge is 0.381 e. The molecule has 1 aliphatic rings. The molecule has 4 heteroatoms. The summed E-state index contributed by atoms with van der Waals surface area (Å²) < 4.78 is 6.52. The lowest BCUT2D eigenvalue weighted by molar-refractivity contribution is 0.0398. The minimum absolute atomic E-state index is 0.400. The summed E-state index contributed by atoms with van der Waals surface area (Å²) in [4.78, 5) is 1.35. The fraction of sp³-hybridized carbons (Fsp3) is 0.692. The smallest absolute Gasteiger partial charge is 0.0960 e. The van der Waals surface area contributed by atoms with E-state index in [1.807, 2.05) is 0 Å². The Morgan fingerprint density at radius 2 is 2.47 bits per heavy atom. The molecule has 2 unspecified atom stereocenters. The van der Waals surface area contributed by atoms with E-state index in [1.54, 1.807) is 11.3 Å². The molecule has 1 aromatic rings. The fourth-order valence-electron chi connectivity index (χ4n) is 2.38. The number of hydrogen-bond acceptors (Lipinski definition) is 3. The van der Waals surface area contributed by atoms with Gasteiger partial charge >= 0.3 is 0 Å². The van der Waals surface area contributed by atoms with Gasteiger partial charge in [0.15, 0.2) is 0 Å². The van der Waals surface area contributed by atoms with Gasteiger partial charge in [-0.25, -0.2) is 0 Å². The molecule has 0 bridgehead atoms. The summed E-state index contributed by atoms with van der Waals surface area (Å²) >= 11 is 7.88. The zero-order chi connectivity index (χ0) is 12.3. The standard InChI is InChI=1S/C13H20ClNOS/c1-3-15-12(10-5-4-6-16-8-10)11-7-9(2)13(14)17-11/h7,10,12,15H,3-6,8H2,1-2H3. The molecule has 96 valence electrons. The zero-order valence-corrected chi connectivity index (χ0v) is 12.0.